The molecule has 0 spiro atoms. The fraction of sp³-hybridized carbons (Fsp3) is 0.500. The molecule has 1 saturated carbocycles. The Kier molecular flexibility index (Phi) is 1.50. The molecule has 0 heterocycles. The highest BCUT2D eigenvalue weighted by atomic mass is 16.3. The van der Waals surface area contributed by atoms with E-state index in [1.54, 1.807) is 0 Å². The van der Waals surface area contributed by atoms with Crippen molar-refractivity contribution in [2.75, 3.05) is 0 Å². The van der Waals surface area contributed by atoms with Crippen molar-refractivity contribution < 1.29 is 5.11 Å². The zero-order valence-electron chi connectivity index (χ0n) is 7.61. The quantitative estimate of drug-likeness (QED) is 0.640. The van der Waals surface area contributed by atoms with Crippen molar-refractivity contribution in [3.05, 3.63) is 35.4 Å². The van der Waals surface area contributed by atoms with Gasteiger partial charge in [-0.05, 0) is 42.2 Å². The number of benzene rings is 1. The topological polar surface area (TPSA) is 20.2 Å². The van der Waals surface area contributed by atoms with E-state index in [0.717, 1.165) is 12.8 Å². The van der Waals surface area contributed by atoms with Gasteiger partial charge in [0.05, 0.1) is 6.10 Å². The maximum absolute atomic E-state index is 9.66. The fourth-order valence-corrected chi connectivity index (χ4v) is 3.05. The Morgan fingerprint density at radius 2 is 1.46 bits per heavy atom. The number of aliphatic hydroxyl groups is 1. The molecular weight excluding hydrogens is 160 g/mol. The molecule has 1 N–H and O–H groups in total. The van der Waals surface area contributed by atoms with Gasteiger partial charge in [-0.15, -0.1) is 0 Å². The second-order valence-corrected chi connectivity index (χ2v) is 4.38. The third-order valence-corrected chi connectivity index (χ3v) is 3.56. The zero-order chi connectivity index (χ0) is 8.84. The summed E-state index contributed by atoms with van der Waals surface area (Å²) < 4.78 is 0. The molecule has 3 rings (SSSR count). The average Bonchev–Trinajstić information content (AvgIpc) is 2.41. The van der Waals surface area contributed by atoms with Gasteiger partial charge in [0.2, 0.25) is 0 Å². The summed E-state index contributed by atoms with van der Waals surface area (Å²) >= 11 is 0. The maximum atomic E-state index is 9.66. The lowest BCUT2D eigenvalue weighted by Gasteiger charge is -2.23. The second kappa shape index (κ2) is 2.58. The van der Waals surface area contributed by atoms with E-state index in [4.69, 9.17) is 0 Å². The Morgan fingerprint density at radius 3 is 2.00 bits per heavy atom. The van der Waals surface area contributed by atoms with Crippen molar-refractivity contribution in [2.45, 2.75) is 37.2 Å². The predicted molar refractivity (Wildman–Crippen MR) is 51.8 cm³/mol. The minimum absolute atomic E-state index is 0.0591. The molecular formula is C12H14O. The molecule has 0 aliphatic heterocycles. The Morgan fingerprint density at radius 1 is 0.923 bits per heavy atom. The van der Waals surface area contributed by atoms with Gasteiger partial charge in [-0.2, -0.15) is 0 Å². The first-order chi connectivity index (χ1) is 6.34. The van der Waals surface area contributed by atoms with Crippen molar-refractivity contribution in [1.29, 1.82) is 0 Å². The van der Waals surface area contributed by atoms with E-state index < -0.39 is 0 Å². The molecule has 2 bridgehead atoms. The molecule has 2 atom stereocenters. The highest BCUT2D eigenvalue weighted by Gasteiger charge is 2.37. The summed E-state index contributed by atoms with van der Waals surface area (Å²) in [5.41, 5.74) is 3.01. The molecule has 0 saturated heterocycles. The first-order valence-corrected chi connectivity index (χ1v) is 5.11. The minimum atomic E-state index is -0.0591. The lowest BCUT2D eigenvalue weighted by molar-refractivity contribution is 0.117. The van der Waals surface area contributed by atoms with Crippen molar-refractivity contribution >= 4 is 0 Å². The van der Waals surface area contributed by atoms with Crippen LogP contribution in [0.3, 0.4) is 0 Å². The van der Waals surface area contributed by atoms with E-state index in [2.05, 4.69) is 24.3 Å². The molecule has 1 aromatic carbocycles. The fourth-order valence-electron chi connectivity index (χ4n) is 3.05. The van der Waals surface area contributed by atoms with Gasteiger partial charge in [-0.3, -0.25) is 0 Å². The van der Waals surface area contributed by atoms with Crippen LogP contribution >= 0.6 is 0 Å². The highest BCUT2D eigenvalue weighted by molar-refractivity contribution is 5.39. The van der Waals surface area contributed by atoms with E-state index in [1.165, 1.54) is 17.5 Å². The van der Waals surface area contributed by atoms with Gasteiger partial charge < -0.3 is 5.11 Å². The summed E-state index contributed by atoms with van der Waals surface area (Å²) in [7, 11) is 0. The zero-order valence-corrected chi connectivity index (χ0v) is 7.61. The van der Waals surface area contributed by atoms with E-state index in [9.17, 15) is 5.11 Å². The standard InChI is InChI=1S/C12H14O/c13-10-6-8-5-9(7-10)12-4-2-1-3-11(8)12/h1-4,8-10,13H,5-7H2. The molecule has 1 fully saturated rings. The van der Waals surface area contributed by atoms with Crippen LogP contribution in [0.5, 0.6) is 0 Å². The molecule has 2 unspecified atom stereocenters. The number of hydrogen-bond donors (Lipinski definition) is 1. The van der Waals surface area contributed by atoms with Crippen LogP contribution in [0.1, 0.15) is 42.2 Å². The van der Waals surface area contributed by atoms with Gasteiger partial charge in [-0.25, -0.2) is 0 Å². The van der Waals surface area contributed by atoms with Crippen molar-refractivity contribution in [1.82, 2.24) is 0 Å². The van der Waals surface area contributed by atoms with Crippen molar-refractivity contribution in [3.8, 4) is 0 Å². The van der Waals surface area contributed by atoms with Gasteiger partial charge in [0.1, 0.15) is 0 Å². The summed E-state index contributed by atoms with van der Waals surface area (Å²) in [5.74, 6) is 1.29. The lowest BCUT2D eigenvalue weighted by Crippen LogP contribution is -2.17. The third kappa shape index (κ3) is 1.03. The minimum Gasteiger partial charge on any atom is -0.393 e. The third-order valence-electron chi connectivity index (χ3n) is 3.56. The number of fused-ring (bicyclic) bond motifs is 5. The van der Waals surface area contributed by atoms with Crippen molar-refractivity contribution in [3.63, 3.8) is 0 Å². The number of hydrogen-bond acceptors (Lipinski definition) is 1. The Bertz CT molecular complexity index is 297. The van der Waals surface area contributed by atoms with Crippen LogP contribution < -0.4 is 0 Å². The first kappa shape index (κ1) is 7.57. The second-order valence-electron chi connectivity index (χ2n) is 4.38. The van der Waals surface area contributed by atoms with Crippen LogP contribution in [0.2, 0.25) is 0 Å². The smallest absolute Gasteiger partial charge is 0.0552 e. The number of aliphatic hydroxyl groups excluding tert-OH is 1. The van der Waals surface area contributed by atoms with Crippen LogP contribution in [0.25, 0.3) is 0 Å². The van der Waals surface area contributed by atoms with Crippen LogP contribution in [0.15, 0.2) is 24.3 Å². The first-order valence-electron chi connectivity index (χ1n) is 5.11. The molecule has 1 nitrogen and oxygen atoms in total. The molecule has 13 heavy (non-hydrogen) atoms. The SMILES string of the molecule is OC1CC2CC(C1)c1ccccc12. The van der Waals surface area contributed by atoms with Crippen LogP contribution in [-0.4, -0.2) is 11.2 Å². The summed E-state index contributed by atoms with van der Waals surface area (Å²) in [5, 5.41) is 9.66. The summed E-state index contributed by atoms with van der Waals surface area (Å²) in [4.78, 5) is 0. The average molecular weight is 174 g/mol. The normalized spacial score (nSPS) is 35.9. The molecule has 2 aliphatic carbocycles. The van der Waals surface area contributed by atoms with E-state index in [1.807, 2.05) is 0 Å². The molecule has 0 aromatic heterocycles. The summed E-state index contributed by atoms with van der Waals surface area (Å²) in [6, 6.07) is 8.70. The van der Waals surface area contributed by atoms with E-state index in [0.29, 0.717) is 11.8 Å². The maximum Gasteiger partial charge on any atom is 0.0552 e. The van der Waals surface area contributed by atoms with Gasteiger partial charge in [0.25, 0.3) is 0 Å². The Hall–Kier alpha value is -0.820. The molecule has 2 aliphatic rings. The highest BCUT2D eigenvalue weighted by Crippen LogP contribution is 2.50. The molecule has 0 amide bonds. The van der Waals surface area contributed by atoms with Crippen LogP contribution in [0.4, 0.5) is 0 Å². The van der Waals surface area contributed by atoms with E-state index in [-0.39, 0.29) is 6.10 Å². The van der Waals surface area contributed by atoms with E-state index >= 15 is 0 Å². The molecule has 1 aromatic rings. The van der Waals surface area contributed by atoms with Crippen molar-refractivity contribution in [2.24, 2.45) is 0 Å². The van der Waals surface area contributed by atoms with Gasteiger partial charge >= 0.3 is 0 Å². The predicted octanol–water partition coefficient (Wildman–Crippen LogP) is 2.41. The van der Waals surface area contributed by atoms with Gasteiger partial charge in [0.15, 0.2) is 0 Å². The number of rotatable bonds is 0. The summed E-state index contributed by atoms with van der Waals surface area (Å²) in [6.45, 7) is 0. The molecule has 68 valence electrons. The molecule has 1 heteroatoms. The Labute approximate surface area is 78.4 Å². The lowest BCUT2D eigenvalue weighted by atomic mass is 9.85. The summed E-state index contributed by atoms with van der Waals surface area (Å²) in [6.07, 6.45) is 3.17. The van der Waals surface area contributed by atoms with Crippen LogP contribution in [0, 0.1) is 0 Å². The Balaban J connectivity index is 2.09. The van der Waals surface area contributed by atoms with Gasteiger partial charge in [0, 0.05) is 0 Å². The largest absolute Gasteiger partial charge is 0.393 e. The molecule has 0 radical (unpaired) electrons. The van der Waals surface area contributed by atoms with Gasteiger partial charge in [-0.1, -0.05) is 24.3 Å². The monoisotopic (exact) mass is 174 g/mol. The van der Waals surface area contributed by atoms with Crippen LogP contribution in [-0.2, 0) is 0 Å².